The Hall–Kier alpha value is -2.69. The number of anilines is 1. The topological polar surface area (TPSA) is 42.0 Å². The number of rotatable bonds is 2. The van der Waals surface area contributed by atoms with Crippen molar-refractivity contribution < 1.29 is 14.3 Å². The third-order valence-electron chi connectivity index (χ3n) is 5.11. The maximum atomic E-state index is 13.0. The summed E-state index contributed by atoms with van der Waals surface area (Å²) in [5.74, 6) is 1.46. The van der Waals surface area contributed by atoms with Gasteiger partial charge in [0, 0.05) is 25.3 Å². The van der Waals surface area contributed by atoms with E-state index in [9.17, 15) is 4.79 Å². The fourth-order valence-electron chi connectivity index (χ4n) is 3.75. The van der Waals surface area contributed by atoms with Crippen molar-refractivity contribution in [2.75, 3.05) is 32.2 Å². The number of amides is 2. The van der Waals surface area contributed by atoms with Crippen molar-refractivity contribution in [1.29, 1.82) is 0 Å². The monoisotopic (exact) mass is 338 g/mol. The van der Waals surface area contributed by atoms with Gasteiger partial charge in [0.05, 0.1) is 14.2 Å². The second kappa shape index (κ2) is 6.31. The van der Waals surface area contributed by atoms with E-state index < -0.39 is 0 Å². The van der Waals surface area contributed by atoms with Crippen molar-refractivity contribution in [1.82, 2.24) is 4.90 Å². The van der Waals surface area contributed by atoms with Crippen molar-refractivity contribution in [2.45, 2.75) is 19.4 Å². The average molecular weight is 338 g/mol. The van der Waals surface area contributed by atoms with Crippen LogP contribution in [0.5, 0.6) is 11.5 Å². The first kappa shape index (κ1) is 15.8. The quantitative estimate of drug-likeness (QED) is 0.844. The van der Waals surface area contributed by atoms with Crippen molar-refractivity contribution in [3.05, 3.63) is 53.1 Å². The minimum absolute atomic E-state index is 0.0883. The predicted octanol–water partition coefficient (Wildman–Crippen LogP) is 3.24. The number of fused-ring (bicyclic) bond motifs is 2. The standard InChI is InChI=1S/C20H22N2O3/c1-24-18-11-15-7-9-21(13-16(15)12-19(18)25-2)20(23)22-10-8-14-5-3-4-6-17(14)22/h3-6,11-12H,7-10,13H2,1-2H3. The van der Waals surface area contributed by atoms with E-state index in [2.05, 4.69) is 6.07 Å². The van der Waals surface area contributed by atoms with Gasteiger partial charge in [0.1, 0.15) is 0 Å². The number of benzene rings is 2. The number of methoxy groups -OCH3 is 2. The summed E-state index contributed by atoms with van der Waals surface area (Å²) in [5, 5.41) is 0. The van der Waals surface area contributed by atoms with Crippen LogP contribution in [-0.2, 0) is 19.4 Å². The van der Waals surface area contributed by atoms with Crippen LogP contribution in [0.1, 0.15) is 16.7 Å². The summed E-state index contributed by atoms with van der Waals surface area (Å²) in [6.07, 6.45) is 1.76. The van der Waals surface area contributed by atoms with E-state index >= 15 is 0 Å². The number of ether oxygens (including phenoxy) is 2. The highest BCUT2D eigenvalue weighted by Gasteiger charge is 2.30. The molecule has 0 fully saturated rings. The van der Waals surface area contributed by atoms with Crippen molar-refractivity contribution in [2.24, 2.45) is 0 Å². The van der Waals surface area contributed by atoms with E-state index in [1.165, 1.54) is 11.1 Å². The van der Waals surface area contributed by atoms with Gasteiger partial charge in [-0.3, -0.25) is 4.90 Å². The lowest BCUT2D eigenvalue weighted by Crippen LogP contribution is -2.44. The Bertz CT molecular complexity index is 819. The summed E-state index contributed by atoms with van der Waals surface area (Å²) in [5.41, 5.74) is 4.65. The third-order valence-corrected chi connectivity index (χ3v) is 5.11. The van der Waals surface area contributed by atoms with Crippen LogP contribution in [0.2, 0.25) is 0 Å². The van der Waals surface area contributed by atoms with E-state index in [-0.39, 0.29) is 6.03 Å². The number of nitrogens with zero attached hydrogens (tertiary/aromatic N) is 2. The molecule has 2 aromatic rings. The molecule has 0 saturated heterocycles. The summed E-state index contributed by atoms with van der Waals surface area (Å²) in [6, 6.07) is 12.3. The van der Waals surface area contributed by atoms with Crippen LogP contribution in [-0.4, -0.2) is 38.2 Å². The summed E-state index contributed by atoms with van der Waals surface area (Å²) in [6.45, 7) is 2.08. The molecule has 2 heterocycles. The Labute approximate surface area is 147 Å². The zero-order chi connectivity index (χ0) is 17.4. The molecule has 0 radical (unpaired) electrons. The van der Waals surface area contributed by atoms with Gasteiger partial charge in [0.25, 0.3) is 0 Å². The van der Waals surface area contributed by atoms with Crippen LogP contribution in [0.15, 0.2) is 36.4 Å². The lowest BCUT2D eigenvalue weighted by molar-refractivity contribution is 0.199. The van der Waals surface area contributed by atoms with Crippen LogP contribution >= 0.6 is 0 Å². The van der Waals surface area contributed by atoms with Crippen LogP contribution in [0.3, 0.4) is 0 Å². The first-order chi connectivity index (χ1) is 12.2. The van der Waals surface area contributed by atoms with Gasteiger partial charge >= 0.3 is 6.03 Å². The Morgan fingerprint density at radius 2 is 1.60 bits per heavy atom. The molecule has 0 atom stereocenters. The maximum Gasteiger partial charge on any atom is 0.324 e. The van der Waals surface area contributed by atoms with Gasteiger partial charge in [-0.05, 0) is 47.7 Å². The molecule has 4 rings (SSSR count). The van der Waals surface area contributed by atoms with Gasteiger partial charge in [0.15, 0.2) is 11.5 Å². The Kier molecular flexibility index (Phi) is 3.99. The lowest BCUT2D eigenvalue weighted by Gasteiger charge is -2.33. The van der Waals surface area contributed by atoms with Crippen LogP contribution in [0.4, 0.5) is 10.5 Å². The molecular weight excluding hydrogens is 316 g/mol. The molecule has 0 saturated carbocycles. The fraction of sp³-hybridized carbons (Fsp3) is 0.350. The molecule has 2 aliphatic rings. The minimum atomic E-state index is 0.0883. The van der Waals surface area contributed by atoms with E-state index in [1.54, 1.807) is 14.2 Å². The van der Waals surface area contributed by atoms with Gasteiger partial charge in [-0.2, -0.15) is 0 Å². The molecule has 5 heteroatoms. The zero-order valence-corrected chi connectivity index (χ0v) is 14.6. The van der Waals surface area contributed by atoms with Gasteiger partial charge in [-0.1, -0.05) is 18.2 Å². The highest BCUT2D eigenvalue weighted by molar-refractivity contribution is 5.94. The smallest absolute Gasteiger partial charge is 0.324 e. The van der Waals surface area contributed by atoms with Crippen molar-refractivity contribution in [3.8, 4) is 11.5 Å². The fourth-order valence-corrected chi connectivity index (χ4v) is 3.75. The molecule has 0 aromatic heterocycles. The summed E-state index contributed by atoms with van der Waals surface area (Å²) >= 11 is 0. The Morgan fingerprint density at radius 3 is 2.36 bits per heavy atom. The number of hydrogen-bond acceptors (Lipinski definition) is 3. The zero-order valence-electron chi connectivity index (χ0n) is 14.6. The number of para-hydroxylation sites is 1. The first-order valence-corrected chi connectivity index (χ1v) is 8.59. The van der Waals surface area contributed by atoms with Gasteiger partial charge in [0.2, 0.25) is 0 Å². The van der Waals surface area contributed by atoms with Gasteiger partial charge in [-0.15, -0.1) is 0 Å². The molecule has 0 N–H and O–H groups in total. The molecule has 25 heavy (non-hydrogen) atoms. The number of carbonyl (C=O) groups excluding carboxylic acids is 1. The van der Waals surface area contributed by atoms with Crippen LogP contribution < -0.4 is 14.4 Å². The highest BCUT2D eigenvalue weighted by Crippen LogP contribution is 2.34. The molecule has 0 spiro atoms. The summed E-state index contributed by atoms with van der Waals surface area (Å²) in [4.78, 5) is 16.9. The predicted molar refractivity (Wildman–Crippen MR) is 96.5 cm³/mol. The normalized spacial score (nSPS) is 15.6. The SMILES string of the molecule is COc1cc2c(cc1OC)CN(C(=O)N1CCc3ccccc31)CC2. The molecular formula is C20H22N2O3. The summed E-state index contributed by atoms with van der Waals surface area (Å²) in [7, 11) is 3.28. The van der Waals surface area contributed by atoms with E-state index in [4.69, 9.17) is 9.47 Å². The van der Waals surface area contributed by atoms with Crippen LogP contribution in [0.25, 0.3) is 0 Å². The Morgan fingerprint density at radius 1 is 0.920 bits per heavy atom. The molecule has 0 aliphatic carbocycles. The van der Waals surface area contributed by atoms with Gasteiger partial charge in [-0.25, -0.2) is 4.79 Å². The molecule has 130 valence electrons. The molecule has 2 amide bonds. The number of carbonyl (C=O) groups is 1. The first-order valence-electron chi connectivity index (χ1n) is 8.59. The van der Waals surface area contributed by atoms with E-state index in [0.29, 0.717) is 12.3 Å². The number of hydrogen-bond donors (Lipinski definition) is 0. The second-order valence-corrected chi connectivity index (χ2v) is 6.46. The lowest BCUT2D eigenvalue weighted by atomic mass is 9.99. The molecule has 2 aliphatic heterocycles. The van der Waals surface area contributed by atoms with Gasteiger partial charge < -0.3 is 14.4 Å². The van der Waals surface area contributed by atoms with E-state index in [0.717, 1.165) is 42.9 Å². The molecule has 5 nitrogen and oxygen atoms in total. The van der Waals surface area contributed by atoms with E-state index in [1.807, 2.05) is 40.1 Å². The minimum Gasteiger partial charge on any atom is -0.493 e. The van der Waals surface area contributed by atoms with Crippen LogP contribution in [0, 0.1) is 0 Å². The van der Waals surface area contributed by atoms with Crippen molar-refractivity contribution in [3.63, 3.8) is 0 Å². The number of urea groups is 1. The summed E-state index contributed by atoms with van der Waals surface area (Å²) < 4.78 is 10.8. The molecule has 2 aromatic carbocycles. The maximum absolute atomic E-state index is 13.0. The highest BCUT2D eigenvalue weighted by atomic mass is 16.5. The Balaban J connectivity index is 1.57. The van der Waals surface area contributed by atoms with Crippen molar-refractivity contribution >= 4 is 11.7 Å². The molecule has 0 bridgehead atoms. The second-order valence-electron chi connectivity index (χ2n) is 6.46. The third kappa shape index (κ3) is 2.69. The largest absolute Gasteiger partial charge is 0.493 e. The molecule has 0 unspecified atom stereocenters. The average Bonchev–Trinajstić information content (AvgIpc) is 3.09.